The highest BCUT2D eigenvalue weighted by molar-refractivity contribution is 5.46. The van der Waals surface area contributed by atoms with Gasteiger partial charge in [0.1, 0.15) is 0 Å². The lowest BCUT2D eigenvalue weighted by Gasteiger charge is -2.25. The van der Waals surface area contributed by atoms with Crippen LogP contribution in [-0.4, -0.2) is 19.6 Å². The lowest BCUT2D eigenvalue weighted by Crippen LogP contribution is -2.35. The summed E-state index contributed by atoms with van der Waals surface area (Å²) >= 11 is 0. The number of rotatable bonds is 3. The van der Waals surface area contributed by atoms with Gasteiger partial charge in [-0.05, 0) is 19.1 Å². The average molecular weight is 200 g/mol. The van der Waals surface area contributed by atoms with E-state index < -0.39 is 11.6 Å². The Bertz CT molecular complexity index is 315. The van der Waals surface area contributed by atoms with Crippen molar-refractivity contribution in [3.05, 3.63) is 29.8 Å². The predicted octanol–water partition coefficient (Wildman–Crippen LogP) is 1.75. The second-order valence-corrected chi connectivity index (χ2v) is 3.29. The quantitative estimate of drug-likeness (QED) is 0.805. The summed E-state index contributed by atoms with van der Waals surface area (Å²) in [5, 5.41) is 0. The van der Waals surface area contributed by atoms with E-state index in [1.165, 1.54) is 12.1 Å². The third-order valence-electron chi connectivity index (χ3n) is 2.31. The van der Waals surface area contributed by atoms with E-state index in [1.54, 1.807) is 7.05 Å². The van der Waals surface area contributed by atoms with E-state index in [4.69, 9.17) is 5.73 Å². The summed E-state index contributed by atoms with van der Waals surface area (Å²) < 4.78 is 25.5. The van der Waals surface area contributed by atoms with Crippen LogP contribution in [0.2, 0.25) is 0 Å². The monoisotopic (exact) mass is 200 g/mol. The summed E-state index contributed by atoms with van der Waals surface area (Å²) in [4.78, 5) is 1.81. The molecule has 4 heteroatoms. The smallest absolute Gasteiger partial charge is 0.160 e. The van der Waals surface area contributed by atoms with Crippen LogP contribution in [0.3, 0.4) is 0 Å². The SMILES string of the molecule is CC(CN)N(C)c1ccc(F)c(F)c1. The second kappa shape index (κ2) is 4.37. The molecule has 0 heterocycles. The van der Waals surface area contributed by atoms with Crippen LogP contribution in [0.5, 0.6) is 0 Å². The Labute approximate surface area is 82.3 Å². The van der Waals surface area contributed by atoms with Crippen LogP contribution in [-0.2, 0) is 0 Å². The minimum Gasteiger partial charge on any atom is -0.371 e. The molecule has 1 unspecified atom stereocenters. The molecule has 0 saturated heterocycles. The van der Waals surface area contributed by atoms with Crippen molar-refractivity contribution in [3.8, 4) is 0 Å². The Balaban J connectivity index is 2.91. The fourth-order valence-corrected chi connectivity index (χ4v) is 1.12. The van der Waals surface area contributed by atoms with Crippen molar-refractivity contribution in [2.75, 3.05) is 18.5 Å². The van der Waals surface area contributed by atoms with Gasteiger partial charge in [0.2, 0.25) is 0 Å². The van der Waals surface area contributed by atoms with E-state index in [1.807, 2.05) is 11.8 Å². The molecule has 1 rings (SSSR count). The molecule has 1 aromatic rings. The highest BCUT2D eigenvalue weighted by Gasteiger charge is 2.10. The van der Waals surface area contributed by atoms with E-state index in [0.717, 1.165) is 6.07 Å². The first-order chi connectivity index (χ1) is 6.56. The number of nitrogens with two attached hydrogens (primary N) is 1. The third-order valence-corrected chi connectivity index (χ3v) is 2.31. The number of likely N-dealkylation sites (N-methyl/N-ethyl adjacent to an activating group) is 1. The highest BCUT2D eigenvalue weighted by Crippen LogP contribution is 2.18. The van der Waals surface area contributed by atoms with Crippen molar-refractivity contribution in [3.63, 3.8) is 0 Å². The Morgan fingerprint density at radius 2 is 2.00 bits per heavy atom. The summed E-state index contributed by atoms with van der Waals surface area (Å²) in [7, 11) is 1.80. The molecule has 0 bridgehead atoms. The van der Waals surface area contributed by atoms with Crippen molar-refractivity contribution >= 4 is 5.69 Å². The molecule has 0 aliphatic rings. The molecule has 0 aromatic heterocycles. The molecule has 0 radical (unpaired) electrons. The van der Waals surface area contributed by atoms with Crippen molar-refractivity contribution in [2.24, 2.45) is 5.73 Å². The lowest BCUT2D eigenvalue weighted by molar-refractivity contribution is 0.508. The molecule has 0 fully saturated rings. The van der Waals surface area contributed by atoms with Gasteiger partial charge in [-0.25, -0.2) is 8.78 Å². The van der Waals surface area contributed by atoms with Gasteiger partial charge in [-0.3, -0.25) is 0 Å². The van der Waals surface area contributed by atoms with Crippen molar-refractivity contribution < 1.29 is 8.78 Å². The molecule has 0 aliphatic heterocycles. The number of anilines is 1. The predicted molar refractivity (Wildman–Crippen MR) is 53.3 cm³/mol. The van der Waals surface area contributed by atoms with Crippen molar-refractivity contribution in [1.82, 2.24) is 0 Å². The Morgan fingerprint density at radius 1 is 1.36 bits per heavy atom. The normalized spacial score (nSPS) is 12.6. The fraction of sp³-hybridized carbons (Fsp3) is 0.400. The van der Waals surface area contributed by atoms with Gasteiger partial charge >= 0.3 is 0 Å². The topological polar surface area (TPSA) is 29.3 Å². The zero-order valence-corrected chi connectivity index (χ0v) is 8.30. The number of hydrogen-bond donors (Lipinski definition) is 1. The zero-order valence-electron chi connectivity index (χ0n) is 8.30. The average Bonchev–Trinajstić information content (AvgIpc) is 2.20. The van der Waals surface area contributed by atoms with Crippen LogP contribution >= 0.6 is 0 Å². The number of hydrogen-bond acceptors (Lipinski definition) is 2. The molecule has 1 aromatic carbocycles. The molecule has 0 spiro atoms. The summed E-state index contributed by atoms with van der Waals surface area (Å²) in [6.45, 7) is 2.39. The minimum absolute atomic E-state index is 0.0971. The molecule has 1 atom stereocenters. The zero-order chi connectivity index (χ0) is 10.7. The largest absolute Gasteiger partial charge is 0.371 e. The molecule has 0 saturated carbocycles. The maximum absolute atomic E-state index is 12.9. The molecule has 0 amide bonds. The van der Waals surface area contributed by atoms with Gasteiger partial charge in [-0.15, -0.1) is 0 Å². The van der Waals surface area contributed by atoms with Gasteiger partial charge in [-0.1, -0.05) is 0 Å². The van der Waals surface area contributed by atoms with Crippen LogP contribution in [0.4, 0.5) is 14.5 Å². The Morgan fingerprint density at radius 3 is 2.50 bits per heavy atom. The second-order valence-electron chi connectivity index (χ2n) is 3.29. The number of halogens is 2. The molecule has 78 valence electrons. The van der Waals surface area contributed by atoms with Crippen molar-refractivity contribution in [1.29, 1.82) is 0 Å². The van der Waals surface area contributed by atoms with Gasteiger partial charge < -0.3 is 10.6 Å². The van der Waals surface area contributed by atoms with Crippen molar-refractivity contribution in [2.45, 2.75) is 13.0 Å². The summed E-state index contributed by atoms with van der Waals surface area (Å²) in [5.74, 6) is -1.67. The molecular formula is C10H14F2N2. The summed E-state index contributed by atoms with van der Waals surface area (Å²) in [6.07, 6.45) is 0. The molecule has 2 N–H and O–H groups in total. The third kappa shape index (κ3) is 2.20. The van der Waals surface area contributed by atoms with E-state index in [2.05, 4.69) is 0 Å². The summed E-state index contributed by atoms with van der Waals surface area (Å²) in [6, 6.07) is 3.91. The van der Waals surface area contributed by atoms with E-state index >= 15 is 0 Å². The lowest BCUT2D eigenvalue weighted by atomic mass is 10.2. The van der Waals surface area contributed by atoms with Crippen LogP contribution < -0.4 is 10.6 Å². The summed E-state index contributed by atoms with van der Waals surface area (Å²) in [5.41, 5.74) is 6.10. The van der Waals surface area contributed by atoms with Gasteiger partial charge in [-0.2, -0.15) is 0 Å². The van der Waals surface area contributed by atoms with E-state index in [-0.39, 0.29) is 6.04 Å². The first-order valence-electron chi connectivity index (χ1n) is 4.44. The Kier molecular flexibility index (Phi) is 3.41. The minimum atomic E-state index is -0.835. The first-order valence-corrected chi connectivity index (χ1v) is 4.44. The van der Waals surface area contributed by atoms with Gasteiger partial charge in [0.05, 0.1) is 0 Å². The van der Waals surface area contributed by atoms with Crippen LogP contribution in [0.25, 0.3) is 0 Å². The van der Waals surface area contributed by atoms with E-state index in [9.17, 15) is 8.78 Å². The van der Waals surface area contributed by atoms with E-state index in [0.29, 0.717) is 12.2 Å². The molecule has 14 heavy (non-hydrogen) atoms. The number of benzene rings is 1. The number of nitrogens with zero attached hydrogens (tertiary/aromatic N) is 1. The molecular weight excluding hydrogens is 186 g/mol. The standard InChI is InChI=1S/C10H14F2N2/c1-7(6-13)14(2)8-3-4-9(11)10(12)5-8/h3-5,7H,6,13H2,1-2H3. The van der Waals surface area contributed by atoms with Gasteiger partial charge in [0, 0.05) is 31.4 Å². The fourth-order valence-electron chi connectivity index (χ4n) is 1.12. The van der Waals surface area contributed by atoms with Crippen LogP contribution in [0, 0.1) is 11.6 Å². The highest BCUT2D eigenvalue weighted by atomic mass is 19.2. The Hall–Kier alpha value is -1.16. The van der Waals surface area contributed by atoms with Crippen LogP contribution in [0.1, 0.15) is 6.92 Å². The van der Waals surface area contributed by atoms with Gasteiger partial charge in [0.25, 0.3) is 0 Å². The maximum atomic E-state index is 12.9. The first kappa shape index (κ1) is 10.9. The van der Waals surface area contributed by atoms with Crippen LogP contribution in [0.15, 0.2) is 18.2 Å². The van der Waals surface area contributed by atoms with Gasteiger partial charge in [0.15, 0.2) is 11.6 Å². The molecule has 0 aliphatic carbocycles. The maximum Gasteiger partial charge on any atom is 0.160 e. The molecule has 2 nitrogen and oxygen atoms in total.